The molecule has 3 N–H and O–H groups in total. The topological polar surface area (TPSA) is 98.0 Å². The van der Waals surface area contributed by atoms with E-state index in [1.165, 1.54) is 0 Å². The van der Waals surface area contributed by atoms with Crippen LogP contribution in [0.25, 0.3) is 0 Å². The maximum Gasteiger partial charge on any atom is 0.267 e. The van der Waals surface area contributed by atoms with E-state index in [-0.39, 0.29) is 16.7 Å². The van der Waals surface area contributed by atoms with Crippen molar-refractivity contribution in [2.75, 3.05) is 10.5 Å². The van der Waals surface area contributed by atoms with E-state index >= 15 is 0 Å². The molecule has 0 unspecified atom stereocenters. The number of nitrogens with zero attached hydrogens (tertiary/aromatic N) is 2. The second-order valence-electron chi connectivity index (χ2n) is 4.39. The first-order valence-corrected chi connectivity index (χ1v) is 7.65. The number of anilines is 2. The first-order valence-electron chi connectivity index (χ1n) is 5.78. The molecule has 1 heterocycles. The quantitative estimate of drug-likeness (QED) is 0.841. The van der Waals surface area contributed by atoms with Crippen molar-refractivity contribution in [1.82, 2.24) is 9.97 Å². The third kappa shape index (κ3) is 3.40. The number of aryl methyl sites for hydroxylation is 2. The summed E-state index contributed by atoms with van der Waals surface area (Å²) in [6.07, 6.45) is 0. The van der Waals surface area contributed by atoms with Crippen LogP contribution in [-0.2, 0) is 10.0 Å². The highest BCUT2D eigenvalue weighted by molar-refractivity contribution is 7.92. The normalized spacial score (nSPS) is 11.4. The smallest absolute Gasteiger partial charge is 0.267 e. The van der Waals surface area contributed by atoms with Crippen LogP contribution in [0.2, 0.25) is 5.02 Å². The number of hydrogen-bond acceptors (Lipinski definition) is 5. The molecule has 21 heavy (non-hydrogen) atoms. The first kappa shape index (κ1) is 15.5. The van der Waals surface area contributed by atoms with E-state index in [2.05, 4.69) is 14.7 Å². The molecule has 9 heteroatoms. The van der Waals surface area contributed by atoms with E-state index in [1.807, 2.05) is 0 Å². The van der Waals surface area contributed by atoms with Gasteiger partial charge >= 0.3 is 0 Å². The predicted molar refractivity (Wildman–Crippen MR) is 78.1 cm³/mol. The lowest BCUT2D eigenvalue weighted by molar-refractivity contribution is 0.570. The Labute approximate surface area is 126 Å². The van der Waals surface area contributed by atoms with Crippen molar-refractivity contribution in [3.8, 4) is 0 Å². The summed E-state index contributed by atoms with van der Waals surface area (Å²) in [7, 11) is -4.24. The number of aromatic nitrogens is 2. The highest BCUT2D eigenvalue weighted by atomic mass is 35.5. The van der Waals surface area contributed by atoms with Crippen molar-refractivity contribution >= 4 is 33.3 Å². The average molecular weight is 331 g/mol. The van der Waals surface area contributed by atoms with Crippen LogP contribution in [0, 0.1) is 19.7 Å². The number of nitrogens with two attached hydrogens (primary N) is 1. The Morgan fingerprint density at radius 1 is 1.19 bits per heavy atom. The number of benzene rings is 1. The van der Waals surface area contributed by atoms with Gasteiger partial charge in [-0.3, -0.25) is 0 Å². The number of nitrogens with one attached hydrogen (secondary N) is 1. The summed E-state index contributed by atoms with van der Waals surface area (Å²) in [5.74, 6) is -1.23. The van der Waals surface area contributed by atoms with Crippen LogP contribution in [-0.4, -0.2) is 18.4 Å². The third-order valence-electron chi connectivity index (χ3n) is 2.51. The Kier molecular flexibility index (Phi) is 4.02. The summed E-state index contributed by atoms with van der Waals surface area (Å²) in [4.78, 5) is 7.21. The molecule has 0 aliphatic rings. The molecule has 0 bridgehead atoms. The summed E-state index contributed by atoms with van der Waals surface area (Å²) in [6, 6.07) is 3.78. The second-order valence-corrected chi connectivity index (χ2v) is 6.45. The molecule has 6 nitrogen and oxygen atoms in total. The first-order chi connectivity index (χ1) is 9.69. The Morgan fingerprint density at radius 3 is 2.33 bits per heavy atom. The van der Waals surface area contributed by atoms with E-state index in [0.29, 0.717) is 11.4 Å². The summed E-state index contributed by atoms with van der Waals surface area (Å²) in [5, 5.41) is -0.378. The molecule has 0 spiro atoms. The highest BCUT2D eigenvalue weighted by Crippen LogP contribution is 2.26. The van der Waals surface area contributed by atoms with E-state index in [0.717, 1.165) is 12.1 Å². The maximum atomic E-state index is 13.9. The Balaban J connectivity index is 2.48. The van der Waals surface area contributed by atoms with Crippen molar-refractivity contribution in [3.05, 3.63) is 40.4 Å². The van der Waals surface area contributed by atoms with Gasteiger partial charge in [0.15, 0.2) is 5.82 Å². The Hall–Kier alpha value is -1.93. The molecule has 2 aromatic rings. The van der Waals surface area contributed by atoms with Gasteiger partial charge in [-0.25, -0.2) is 27.5 Å². The molecule has 0 atom stereocenters. The fourth-order valence-corrected chi connectivity index (χ4v) is 3.09. The van der Waals surface area contributed by atoms with Crippen LogP contribution in [0.3, 0.4) is 0 Å². The van der Waals surface area contributed by atoms with Crippen LogP contribution >= 0.6 is 11.6 Å². The van der Waals surface area contributed by atoms with Crippen LogP contribution in [0.1, 0.15) is 11.4 Å². The minimum atomic E-state index is -4.24. The van der Waals surface area contributed by atoms with Gasteiger partial charge in [-0.1, -0.05) is 11.6 Å². The van der Waals surface area contributed by atoms with Gasteiger partial charge in [-0.2, -0.15) is 0 Å². The monoisotopic (exact) mass is 330 g/mol. The fourth-order valence-electron chi connectivity index (χ4n) is 1.73. The molecule has 112 valence electrons. The van der Waals surface area contributed by atoms with Crippen LogP contribution < -0.4 is 10.5 Å². The summed E-state index contributed by atoms with van der Waals surface area (Å²) in [6.45, 7) is 3.37. The lowest BCUT2D eigenvalue weighted by Gasteiger charge is -2.10. The summed E-state index contributed by atoms with van der Waals surface area (Å²) < 4.78 is 40.4. The number of halogens is 2. The second kappa shape index (κ2) is 5.45. The zero-order valence-corrected chi connectivity index (χ0v) is 12.8. The standard InChI is InChI=1S/C12H12ClFN4O2S/c1-6-3-7(2)17-12(16-6)18-21(19,20)10-5-8(15)4-9(13)11(10)14/h3-5H,15H2,1-2H3,(H,16,17,18). The van der Waals surface area contributed by atoms with Gasteiger partial charge in [0, 0.05) is 17.1 Å². The molecule has 0 aliphatic heterocycles. The highest BCUT2D eigenvalue weighted by Gasteiger charge is 2.23. The van der Waals surface area contributed by atoms with Crippen LogP contribution in [0.15, 0.2) is 23.1 Å². The van der Waals surface area contributed by atoms with Crippen molar-refractivity contribution in [1.29, 1.82) is 0 Å². The van der Waals surface area contributed by atoms with Crippen molar-refractivity contribution < 1.29 is 12.8 Å². The largest absolute Gasteiger partial charge is 0.399 e. The van der Waals surface area contributed by atoms with Crippen LogP contribution in [0.4, 0.5) is 16.0 Å². The zero-order valence-electron chi connectivity index (χ0n) is 11.2. The molecular weight excluding hydrogens is 319 g/mol. The SMILES string of the molecule is Cc1cc(C)nc(NS(=O)(=O)c2cc(N)cc(Cl)c2F)n1. The lowest BCUT2D eigenvalue weighted by Crippen LogP contribution is -2.17. The molecular formula is C12H12ClFN4O2S. The lowest BCUT2D eigenvalue weighted by atomic mass is 10.3. The molecule has 0 fully saturated rings. The van der Waals surface area contributed by atoms with Gasteiger partial charge < -0.3 is 5.73 Å². The average Bonchev–Trinajstić information content (AvgIpc) is 2.31. The molecule has 1 aromatic carbocycles. The maximum absolute atomic E-state index is 13.9. The number of sulfonamides is 1. The molecule has 0 saturated carbocycles. The number of hydrogen-bond donors (Lipinski definition) is 2. The summed E-state index contributed by atoms with van der Waals surface area (Å²) in [5.41, 5.74) is 6.67. The van der Waals surface area contributed by atoms with E-state index in [9.17, 15) is 12.8 Å². The molecule has 0 aliphatic carbocycles. The molecule has 0 amide bonds. The van der Waals surface area contributed by atoms with E-state index in [1.54, 1.807) is 19.9 Å². The van der Waals surface area contributed by atoms with Gasteiger partial charge in [0.25, 0.3) is 10.0 Å². The predicted octanol–water partition coefficient (Wildman–Crippen LogP) is 2.27. The third-order valence-corrected chi connectivity index (χ3v) is 4.12. The van der Waals surface area contributed by atoms with Crippen molar-refractivity contribution in [3.63, 3.8) is 0 Å². The fraction of sp³-hybridized carbons (Fsp3) is 0.167. The minimum Gasteiger partial charge on any atom is -0.399 e. The van der Waals surface area contributed by atoms with Gasteiger partial charge in [0.2, 0.25) is 5.95 Å². The molecule has 2 rings (SSSR count). The number of nitrogen functional groups attached to an aromatic ring is 1. The van der Waals surface area contributed by atoms with Gasteiger partial charge in [0.1, 0.15) is 4.90 Å². The van der Waals surface area contributed by atoms with Crippen molar-refractivity contribution in [2.24, 2.45) is 0 Å². The zero-order chi connectivity index (χ0) is 15.8. The number of rotatable bonds is 3. The van der Waals surface area contributed by atoms with Gasteiger partial charge in [-0.15, -0.1) is 0 Å². The molecule has 0 saturated heterocycles. The van der Waals surface area contributed by atoms with E-state index in [4.69, 9.17) is 17.3 Å². The summed E-state index contributed by atoms with van der Waals surface area (Å²) >= 11 is 5.60. The van der Waals surface area contributed by atoms with Crippen molar-refractivity contribution in [2.45, 2.75) is 18.7 Å². The Morgan fingerprint density at radius 2 is 1.76 bits per heavy atom. The van der Waals surface area contributed by atoms with Gasteiger partial charge in [-0.05, 0) is 32.0 Å². The minimum absolute atomic E-state index is 0.0307. The molecule has 0 radical (unpaired) electrons. The molecule has 1 aromatic heterocycles. The van der Waals surface area contributed by atoms with E-state index < -0.39 is 20.7 Å². The van der Waals surface area contributed by atoms with Crippen LogP contribution in [0.5, 0.6) is 0 Å². The van der Waals surface area contributed by atoms with Gasteiger partial charge in [0.05, 0.1) is 5.02 Å². The Bertz CT molecular complexity index is 791.